The number of hydrogen-bond acceptors (Lipinski definition) is 3. The molecule has 4 rings (SSSR count). The fourth-order valence-electron chi connectivity index (χ4n) is 2.72. The summed E-state index contributed by atoms with van der Waals surface area (Å²) >= 11 is 0. The maximum absolute atomic E-state index is 14.0. The summed E-state index contributed by atoms with van der Waals surface area (Å²) in [7, 11) is 0. The van der Waals surface area contributed by atoms with Crippen molar-refractivity contribution in [3.63, 3.8) is 0 Å². The molecule has 1 aliphatic rings. The Morgan fingerprint density at radius 3 is 2.38 bits per heavy atom. The number of benzene rings is 2. The first-order valence-corrected chi connectivity index (χ1v) is 6.84. The molecule has 4 nitrogen and oxygen atoms in total. The van der Waals surface area contributed by atoms with Gasteiger partial charge in [-0.3, -0.25) is 0 Å². The van der Waals surface area contributed by atoms with Crippen molar-refractivity contribution in [2.45, 2.75) is 18.9 Å². The summed E-state index contributed by atoms with van der Waals surface area (Å²) in [6, 6.07) is 9.59. The summed E-state index contributed by atoms with van der Waals surface area (Å²) in [6.45, 7) is 0. The standard InChI is InChI=1S/C16H13FN2O2/c17-10-3-1-4-11-15(10)18-16(19(11)9-7-8-9)14-12(20)5-2-6-13(14)21/h1-6,9,20-21H,7-8H2. The lowest BCUT2D eigenvalue weighted by Gasteiger charge is -2.10. The number of phenols is 2. The van der Waals surface area contributed by atoms with E-state index in [1.54, 1.807) is 12.1 Å². The Labute approximate surface area is 120 Å². The monoisotopic (exact) mass is 284 g/mol. The predicted molar refractivity (Wildman–Crippen MR) is 76.7 cm³/mol. The summed E-state index contributed by atoms with van der Waals surface area (Å²) in [5.74, 6) is -0.114. The van der Waals surface area contributed by atoms with E-state index in [-0.39, 0.29) is 28.6 Å². The van der Waals surface area contributed by atoms with E-state index in [1.807, 2.05) is 10.6 Å². The lowest BCUT2D eigenvalue weighted by Crippen LogP contribution is -1.97. The summed E-state index contributed by atoms with van der Waals surface area (Å²) in [6.07, 6.45) is 1.98. The molecule has 0 radical (unpaired) electrons. The maximum Gasteiger partial charge on any atom is 0.151 e. The van der Waals surface area contributed by atoms with E-state index in [4.69, 9.17) is 0 Å². The second-order valence-electron chi connectivity index (χ2n) is 5.32. The Hall–Kier alpha value is -2.56. The molecule has 0 unspecified atom stereocenters. The molecule has 0 amide bonds. The summed E-state index contributed by atoms with van der Waals surface area (Å²) in [5, 5.41) is 20.1. The minimum absolute atomic E-state index is 0.0624. The third kappa shape index (κ3) is 1.77. The van der Waals surface area contributed by atoms with Crippen LogP contribution in [0.4, 0.5) is 4.39 Å². The minimum Gasteiger partial charge on any atom is -0.507 e. The molecule has 0 aliphatic heterocycles. The van der Waals surface area contributed by atoms with Crippen LogP contribution in [0.5, 0.6) is 11.5 Å². The smallest absolute Gasteiger partial charge is 0.151 e. The van der Waals surface area contributed by atoms with Crippen LogP contribution in [-0.2, 0) is 0 Å². The molecule has 0 spiro atoms. The van der Waals surface area contributed by atoms with Crippen LogP contribution in [0, 0.1) is 5.82 Å². The van der Waals surface area contributed by atoms with Crippen molar-refractivity contribution in [3.8, 4) is 22.9 Å². The van der Waals surface area contributed by atoms with Gasteiger partial charge in [-0.25, -0.2) is 9.37 Å². The third-order valence-electron chi connectivity index (χ3n) is 3.83. The molecular weight excluding hydrogens is 271 g/mol. The van der Waals surface area contributed by atoms with Gasteiger partial charge in [-0.05, 0) is 37.1 Å². The molecule has 21 heavy (non-hydrogen) atoms. The molecule has 106 valence electrons. The Morgan fingerprint density at radius 2 is 1.71 bits per heavy atom. The highest BCUT2D eigenvalue weighted by Gasteiger charge is 2.31. The first-order valence-electron chi connectivity index (χ1n) is 6.84. The number of fused-ring (bicyclic) bond motifs is 1. The number of phenolic OH excluding ortho intramolecular Hbond substituents is 2. The molecular formula is C16H13FN2O2. The van der Waals surface area contributed by atoms with Crippen LogP contribution in [0.1, 0.15) is 18.9 Å². The maximum atomic E-state index is 14.0. The first-order chi connectivity index (χ1) is 10.2. The fourth-order valence-corrected chi connectivity index (χ4v) is 2.72. The zero-order valence-corrected chi connectivity index (χ0v) is 11.1. The predicted octanol–water partition coefficient (Wildman–Crippen LogP) is 3.59. The Kier molecular flexibility index (Phi) is 2.45. The van der Waals surface area contributed by atoms with E-state index in [0.717, 1.165) is 12.8 Å². The van der Waals surface area contributed by atoms with Gasteiger partial charge in [-0.15, -0.1) is 0 Å². The zero-order chi connectivity index (χ0) is 14.6. The van der Waals surface area contributed by atoms with Gasteiger partial charge in [0.05, 0.1) is 5.52 Å². The Bertz CT molecular complexity index is 833. The third-order valence-corrected chi connectivity index (χ3v) is 3.83. The zero-order valence-electron chi connectivity index (χ0n) is 11.1. The van der Waals surface area contributed by atoms with Crippen molar-refractivity contribution in [2.75, 3.05) is 0 Å². The van der Waals surface area contributed by atoms with E-state index in [0.29, 0.717) is 11.3 Å². The van der Waals surface area contributed by atoms with Gasteiger partial charge < -0.3 is 14.8 Å². The van der Waals surface area contributed by atoms with Crippen LogP contribution in [0.15, 0.2) is 36.4 Å². The van der Waals surface area contributed by atoms with E-state index in [2.05, 4.69) is 4.98 Å². The average molecular weight is 284 g/mol. The molecule has 2 aromatic carbocycles. The average Bonchev–Trinajstić information content (AvgIpc) is 3.21. The number of aromatic hydroxyl groups is 2. The summed E-state index contributed by atoms with van der Waals surface area (Å²) in [4.78, 5) is 4.33. The topological polar surface area (TPSA) is 58.3 Å². The van der Waals surface area contributed by atoms with Crippen LogP contribution in [0.3, 0.4) is 0 Å². The van der Waals surface area contributed by atoms with Gasteiger partial charge >= 0.3 is 0 Å². The molecule has 1 aliphatic carbocycles. The second-order valence-corrected chi connectivity index (χ2v) is 5.32. The number of imidazole rings is 1. The lowest BCUT2D eigenvalue weighted by molar-refractivity contribution is 0.453. The SMILES string of the molecule is Oc1cccc(O)c1-c1nc2c(F)cccc2n1C1CC1. The normalized spacial score (nSPS) is 14.7. The number of aromatic nitrogens is 2. The lowest BCUT2D eigenvalue weighted by atomic mass is 10.1. The Balaban J connectivity index is 2.09. The van der Waals surface area contributed by atoms with Gasteiger partial charge in [-0.1, -0.05) is 12.1 Å². The Morgan fingerprint density at radius 1 is 1.05 bits per heavy atom. The molecule has 1 heterocycles. The highest BCUT2D eigenvalue weighted by molar-refractivity contribution is 5.84. The van der Waals surface area contributed by atoms with Crippen molar-refractivity contribution >= 4 is 11.0 Å². The highest BCUT2D eigenvalue weighted by atomic mass is 19.1. The molecule has 2 N–H and O–H groups in total. The van der Waals surface area contributed by atoms with Crippen molar-refractivity contribution < 1.29 is 14.6 Å². The van der Waals surface area contributed by atoms with Crippen LogP contribution in [0.2, 0.25) is 0 Å². The highest BCUT2D eigenvalue weighted by Crippen LogP contribution is 2.45. The molecule has 1 aromatic heterocycles. The molecule has 3 aromatic rings. The van der Waals surface area contributed by atoms with Gasteiger partial charge in [-0.2, -0.15) is 0 Å². The number of rotatable bonds is 2. The van der Waals surface area contributed by atoms with Crippen LogP contribution in [-0.4, -0.2) is 19.8 Å². The minimum atomic E-state index is -0.400. The van der Waals surface area contributed by atoms with Crippen molar-refractivity contribution in [1.29, 1.82) is 0 Å². The van der Waals surface area contributed by atoms with Crippen LogP contribution < -0.4 is 0 Å². The van der Waals surface area contributed by atoms with Crippen molar-refractivity contribution in [2.24, 2.45) is 0 Å². The summed E-state index contributed by atoms with van der Waals surface area (Å²) in [5.41, 5.74) is 1.21. The van der Waals surface area contributed by atoms with Gasteiger partial charge in [0.1, 0.15) is 28.4 Å². The van der Waals surface area contributed by atoms with E-state index in [1.165, 1.54) is 18.2 Å². The summed E-state index contributed by atoms with van der Waals surface area (Å²) < 4.78 is 15.9. The number of para-hydroxylation sites is 1. The van der Waals surface area contributed by atoms with Gasteiger partial charge in [0.15, 0.2) is 5.82 Å². The molecule has 0 saturated heterocycles. The van der Waals surface area contributed by atoms with E-state index in [9.17, 15) is 14.6 Å². The van der Waals surface area contributed by atoms with Gasteiger partial charge in [0.2, 0.25) is 0 Å². The van der Waals surface area contributed by atoms with Gasteiger partial charge in [0.25, 0.3) is 0 Å². The molecule has 0 bridgehead atoms. The first kappa shape index (κ1) is 12.2. The molecule has 5 heteroatoms. The van der Waals surface area contributed by atoms with Crippen LogP contribution >= 0.6 is 0 Å². The number of hydrogen-bond donors (Lipinski definition) is 2. The van der Waals surface area contributed by atoms with Crippen molar-refractivity contribution in [3.05, 3.63) is 42.2 Å². The van der Waals surface area contributed by atoms with Crippen LogP contribution in [0.25, 0.3) is 22.4 Å². The van der Waals surface area contributed by atoms with Crippen molar-refractivity contribution in [1.82, 2.24) is 9.55 Å². The van der Waals surface area contributed by atoms with Gasteiger partial charge in [0, 0.05) is 6.04 Å². The van der Waals surface area contributed by atoms with E-state index < -0.39 is 5.82 Å². The number of halogens is 1. The second kappa shape index (κ2) is 4.22. The quantitative estimate of drug-likeness (QED) is 0.756. The molecule has 1 saturated carbocycles. The number of nitrogens with zero attached hydrogens (tertiary/aromatic N) is 2. The largest absolute Gasteiger partial charge is 0.507 e. The molecule has 0 atom stereocenters. The molecule has 1 fully saturated rings. The van der Waals surface area contributed by atoms with E-state index >= 15 is 0 Å². The fraction of sp³-hybridized carbons (Fsp3) is 0.188.